The van der Waals surface area contributed by atoms with Crippen LogP contribution in [-0.4, -0.2) is 29.8 Å². The molecule has 8 heteroatoms. The van der Waals surface area contributed by atoms with E-state index in [1.807, 2.05) is 34.1 Å². The molecule has 0 atom stereocenters. The summed E-state index contributed by atoms with van der Waals surface area (Å²) in [6.45, 7) is 3.86. The van der Waals surface area contributed by atoms with Crippen molar-refractivity contribution < 1.29 is 4.42 Å². The standard InChI is InChI=1S/C12H13BrN6O/c1-6-8(5-18(3)16-6)11-14-15-12(20-11)10-9(13)7(2)19(4)17-10/h5H,1-4H3. The SMILES string of the molecule is Cc1nn(C)cc1-c1nnc(-c2nn(C)c(C)c2Br)o1. The van der Waals surface area contributed by atoms with Crippen molar-refractivity contribution in [3.8, 4) is 23.0 Å². The molecule has 3 aromatic rings. The van der Waals surface area contributed by atoms with Gasteiger partial charge in [-0.3, -0.25) is 9.36 Å². The fourth-order valence-electron chi connectivity index (χ4n) is 1.96. The number of hydrogen-bond donors (Lipinski definition) is 0. The van der Waals surface area contributed by atoms with Crippen LogP contribution in [0.1, 0.15) is 11.4 Å². The van der Waals surface area contributed by atoms with E-state index in [0.717, 1.165) is 21.4 Å². The summed E-state index contributed by atoms with van der Waals surface area (Å²) < 4.78 is 10.1. The van der Waals surface area contributed by atoms with E-state index in [9.17, 15) is 0 Å². The van der Waals surface area contributed by atoms with E-state index in [-0.39, 0.29) is 0 Å². The molecule has 7 nitrogen and oxygen atoms in total. The summed E-state index contributed by atoms with van der Waals surface area (Å²) in [6.07, 6.45) is 1.85. The molecule has 0 unspecified atom stereocenters. The van der Waals surface area contributed by atoms with Crippen molar-refractivity contribution in [2.45, 2.75) is 13.8 Å². The van der Waals surface area contributed by atoms with Crippen molar-refractivity contribution in [3.05, 3.63) is 22.1 Å². The van der Waals surface area contributed by atoms with Gasteiger partial charge in [0.25, 0.3) is 11.8 Å². The highest BCUT2D eigenvalue weighted by Gasteiger charge is 2.20. The summed E-state index contributed by atoms with van der Waals surface area (Å²) in [6, 6.07) is 0. The lowest BCUT2D eigenvalue weighted by Gasteiger charge is -1.90. The lowest BCUT2D eigenvalue weighted by Crippen LogP contribution is -1.92. The van der Waals surface area contributed by atoms with Crippen LogP contribution in [0.5, 0.6) is 0 Å². The maximum absolute atomic E-state index is 5.72. The van der Waals surface area contributed by atoms with Gasteiger partial charge in [0.15, 0.2) is 5.69 Å². The molecule has 3 aromatic heterocycles. The minimum atomic E-state index is 0.388. The second-order valence-corrected chi connectivity index (χ2v) is 5.38. The zero-order valence-corrected chi connectivity index (χ0v) is 13.1. The Morgan fingerprint density at radius 1 is 1.10 bits per heavy atom. The zero-order chi connectivity index (χ0) is 14.4. The molecule has 0 bridgehead atoms. The predicted molar refractivity (Wildman–Crippen MR) is 75.9 cm³/mol. The molecule has 0 aliphatic carbocycles. The van der Waals surface area contributed by atoms with E-state index in [2.05, 4.69) is 36.3 Å². The first kappa shape index (κ1) is 13.0. The first-order chi connectivity index (χ1) is 9.47. The van der Waals surface area contributed by atoms with Crippen molar-refractivity contribution in [3.63, 3.8) is 0 Å². The van der Waals surface area contributed by atoms with Gasteiger partial charge in [0.1, 0.15) is 0 Å². The Balaban J connectivity index is 2.06. The minimum absolute atomic E-state index is 0.388. The quantitative estimate of drug-likeness (QED) is 0.717. The number of nitrogens with zero attached hydrogens (tertiary/aromatic N) is 6. The van der Waals surface area contributed by atoms with Gasteiger partial charge in [-0.25, -0.2) is 0 Å². The second kappa shape index (κ2) is 4.55. The fraction of sp³-hybridized carbons (Fsp3) is 0.333. The van der Waals surface area contributed by atoms with Gasteiger partial charge in [-0.2, -0.15) is 10.2 Å². The predicted octanol–water partition coefficient (Wildman–Crippen LogP) is 2.25. The van der Waals surface area contributed by atoms with Crippen LogP contribution in [0.3, 0.4) is 0 Å². The van der Waals surface area contributed by atoms with Crippen molar-refractivity contribution in [2.24, 2.45) is 14.1 Å². The summed E-state index contributed by atoms with van der Waals surface area (Å²) in [5, 5.41) is 16.8. The maximum Gasteiger partial charge on any atom is 0.269 e. The zero-order valence-electron chi connectivity index (χ0n) is 11.5. The summed E-state index contributed by atoms with van der Waals surface area (Å²) in [4.78, 5) is 0. The van der Waals surface area contributed by atoms with Crippen LogP contribution < -0.4 is 0 Å². The van der Waals surface area contributed by atoms with Gasteiger partial charge in [-0.1, -0.05) is 0 Å². The summed E-state index contributed by atoms with van der Waals surface area (Å²) in [5.74, 6) is 0.833. The largest absolute Gasteiger partial charge is 0.414 e. The van der Waals surface area contributed by atoms with E-state index in [0.29, 0.717) is 17.5 Å². The monoisotopic (exact) mass is 336 g/mol. The van der Waals surface area contributed by atoms with Gasteiger partial charge in [-0.15, -0.1) is 10.2 Å². The van der Waals surface area contributed by atoms with Gasteiger partial charge in [0.05, 0.1) is 21.4 Å². The van der Waals surface area contributed by atoms with Crippen LogP contribution in [0.25, 0.3) is 23.0 Å². The van der Waals surface area contributed by atoms with Crippen LogP contribution >= 0.6 is 15.9 Å². The van der Waals surface area contributed by atoms with Crippen LogP contribution in [0.15, 0.2) is 15.1 Å². The topological polar surface area (TPSA) is 74.6 Å². The van der Waals surface area contributed by atoms with Crippen LogP contribution in [0.4, 0.5) is 0 Å². The Morgan fingerprint density at radius 2 is 1.80 bits per heavy atom. The van der Waals surface area contributed by atoms with Crippen LogP contribution in [-0.2, 0) is 14.1 Å². The molecule has 0 saturated carbocycles. The first-order valence-electron chi connectivity index (χ1n) is 6.01. The molecule has 0 spiro atoms. The highest BCUT2D eigenvalue weighted by atomic mass is 79.9. The molecule has 0 aliphatic heterocycles. The highest BCUT2D eigenvalue weighted by molar-refractivity contribution is 9.10. The average molecular weight is 337 g/mol. The molecule has 0 saturated heterocycles. The molecule has 0 fully saturated rings. The number of halogens is 1. The molecule has 0 N–H and O–H groups in total. The lowest BCUT2D eigenvalue weighted by molar-refractivity contribution is 0.579. The third-order valence-electron chi connectivity index (χ3n) is 3.13. The number of aromatic nitrogens is 6. The normalized spacial score (nSPS) is 11.2. The van der Waals surface area contributed by atoms with E-state index < -0.39 is 0 Å². The Bertz CT molecular complexity index is 784. The Morgan fingerprint density at radius 3 is 2.35 bits per heavy atom. The minimum Gasteiger partial charge on any atom is -0.414 e. The molecule has 0 aromatic carbocycles. The molecule has 3 heterocycles. The highest BCUT2D eigenvalue weighted by Crippen LogP contribution is 2.31. The smallest absolute Gasteiger partial charge is 0.269 e. The average Bonchev–Trinajstić information content (AvgIpc) is 3.05. The van der Waals surface area contributed by atoms with Crippen LogP contribution in [0, 0.1) is 13.8 Å². The van der Waals surface area contributed by atoms with Gasteiger partial charge in [-0.05, 0) is 29.8 Å². The Kier molecular flexibility index (Phi) is 2.97. The lowest BCUT2D eigenvalue weighted by atomic mass is 10.3. The molecule has 3 rings (SSSR count). The van der Waals surface area contributed by atoms with E-state index in [4.69, 9.17) is 4.42 Å². The van der Waals surface area contributed by atoms with Crippen molar-refractivity contribution in [1.82, 2.24) is 29.8 Å². The summed E-state index contributed by atoms with van der Waals surface area (Å²) >= 11 is 3.49. The number of rotatable bonds is 2. The molecule has 20 heavy (non-hydrogen) atoms. The summed E-state index contributed by atoms with van der Waals surface area (Å²) in [5.41, 5.74) is 3.32. The van der Waals surface area contributed by atoms with E-state index in [1.165, 1.54) is 0 Å². The summed E-state index contributed by atoms with van der Waals surface area (Å²) in [7, 11) is 3.72. The third-order valence-corrected chi connectivity index (χ3v) is 4.08. The van der Waals surface area contributed by atoms with Gasteiger partial charge in [0, 0.05) is 20.3 Å². The van der Waals surface area contributed by atoms with Crippen molar-refractivity contribution >= 4 is 15.9 Å². The van der Waals surface area contributed by atoms with Crippen LogP contribution in [0.2, 0.25) is 0 Å². The maximum atomic E-state index is 5.72. The van der Waals surface area contributed by atoms with Gasteiger partial charge >= 0.3 is 0 Å². The molecular formula is C12H13BrN6O. The molecule has 0 amide bonds. The van der Waals surface area contributed by atoms with Gasteiger partial charge in [0.2, 0.25) is 0 Å². The van der Waals surface area contributed by atoms with Crippen molar-refractivity contribution in [2.75, 3.05) is 0 Å². The number of aryl methyl sites for hydroxylation is 3. The van der Waals surface area contributed by atoms with E-state index >= 15 is 0 Å². The Hall–Kier alpha value is -1.96. The fourth-order valence-corrected chi connectivity index (χ4v) is 2.46. The second-order valence-electron chi connectivity index (χ2n) is 4.59. The molecule has 0 radical (unpaired) electrons. The molecule has 104 valence electrons. The van der Waals surface area contributed by atoms with Crippen molar-refractivity contribution in [1.29, 1.82) is 0 Å². The molecule has 0 aliphatic rings. The number of hydrogen-bond acceptors (Lipinski definition) is 5. The van der Waals surface area contributed by atoms with Gasteiger partial charge < -0.3 is 4.42 Å². The third kappa shape index (κ3) is 1.96. The Labute approximate surface area is 123 Å². The first-order valence-corrected chi connectivity index (χ1v) is 6.80. The van der Waals surface area contributed by atoms with E-state index in [1.54, 1.807) is 9.36 Å². The molecular weight excluding hydrogens is 324 g/mol.